The Kier molecular flexibility index (Phi) is 1.92. The fourth-order valence-corrected chi connectivity index (χ4v) is 2.18. The lowest BCUT2D eigenvalue weighted by Gasteiger charge is -2.35. The predicted octanol–water partition coefficient (Wildman–Crippen LogP) is -0.271. The standard InChI is InChI=1S/C8H14N6Si/c1-15(2,3)8(10)13-6(9)5-7(14-8)12-4-11-5/h4H,10H2,1-3H3,(H2,9,13). The highest BCUT2D eigenvalue weighted by atomic mass is 28.3. The first-order valence-corrected chi connectivity index (χ1v) is 8.19. The molecule has 0 radical (unpaired) electrons. The number of fused-ring (bicyclic) bond motifs is 1. The SMILES string of the molecule is C[Si](C)(C)C1(N)N=C(N)C2=NC=NC2=N1. The summed E-state index contributed by atoms with van der Waals surface area (Å²) in [6, 6.07) is 0. The second-order valence-corrected chi connectivity index (χ2v) is 9.87. The number of aliphatic imine (C=N–C) groups is 4. The Morgan fingerprint density at radius 1 is 1.27 bits per heavy atom. The van der Waals surface area contributed by atoms with Gasteiger partial charge in [0, 0.05) is 0 Å². The molecule has 7 heteroatoms. The molecular weight excluding hydrogens is 208 g/mol. The van der Waals surface area contributed by atoms with Crippen LogP contribution in [0.15, 0.2) is 20.0 Å². The summed E-state index contributed by atoms with van der Waals surface area (Å²) in [6.07, 6.45) is 1.42. The molecule has 2 aliphatic heterocycles. The lowest BCUT2D eigenvalue weighted by molar-refractivity contribution is 0.632. The van der Waals surface area contributed by atoms with Gasteiger partial charge in [-0.15, -0.1) is 0 Å². The molecule has 80 valence electrons. The van der Waals surface area contributed by atoms with Crippen LogP contribution in [0.5, 0.6) is 0 Å². The fourth-order valence-electron chi connectivity index (χ4n) is 1.28. The maximum atomic E-state index is 6.16. The van der Waals surface area contributed by atoms with Crippen LogP contribution in [0.3, 0.4) is 0 Å². The molecule has 0 aliphatic carbocycles. The number of amidine groups is 2. The third kappa shape index (κ3) is 1.43. The number of hydrogen-bond acceptors (Lipinski definition) is 6. The average Bonchev–Trinajstić information content (AvgIpc) is 2.49. The molecule has 1 unspecified atom stereocenters. The highest BCUT2D eigenvalue weighted by molar-refractivity contribution is 6.81. The topological polar surface area (TPSA) is 101 Å². The van der Waals surface area contributed by atoms with Gasteiger partial charge in [0.25, 0.3) is 0 Å². The molecule has 4 N–H and O–H groups in total. The number of rotatable bonds is 1. The maximum Gasteiger partial charge on any atom is 0.187 e. The summed E-state index contributed by atoms with van der Waals surface area (Å²) in [5.41, 5.74) is 11.6. The fraction of sp³-hybridized carbons (Fsp3) is 0.500. The summed E-state index contributed by atoms with van der Waals surface area (Å²) in [5.74, 6) is 0.842. The maximum absolute atomic E-state index is 6.16. The minimum atomic E-state index is -1.79. The summed E-state index contributed by atoms with van der Waals surface area (Å²) in [7, 11) is -1.79. The monoisotopic (exact) mass is 222 g/mol. The first kappa shape index (κ1) is 10.2. The van der Waals surface area contributed by atoms with E-state index >= 15 is 0 Å². The van der Waals surface area contributed by atoms with Crippen molar-refractivity contribution in [3.05, 3.63) is 0 Å². The highest BCUT2D eigenvalue weighted by Gasteiger charge is 2.44. The van der Waals surface area contributed by atoms with E-state index in [2.05, 4.69) is 39.6 Å². The Balaban J connectivity index is 2.52. The Morgan fingerprint density at radius 3 is 2.53 bits per heavy atom. The van der Waals surface area contributed by atoms with E-state index in [1.165, 1.54) is 6.34 Å². The van der Waals surface area contributed by atoms with Crippen LogP contribution >= 0.6 is 0 Å². The molecule has 0 fully saturated rings. The smallest absolute Gasteiger partial charge is 0.187 e. The quantitative estimate of drug-likeness (QED) is 0.596. The highest BCUT2D eigenvalue weighted by Crippen LogP contribution is 2.24. The summed E-state index contributed by atoms with van der Waals surface area (Å²) >= 11 is 0. The van der Waals surface area contributed by atoms with E-state index in [1.807, 2.05) is 0 Å². The summed E-state index contributed by atoms with van der Waals surface area (Å²) in [5, 5.41) is 0. The Morgan fingerprint density at radius 2 is 1.93 bits per heavy atom. The van der Waals surface area contributed by atoms with Crippen molar-refractivity contribution in [2.75, 3.05) is 0 Å². The number of nitrogens with two attached hydrogens (primary N) is 2. The van der Waals surface area contributed by atoms with Gasteiger partial charge in [0.2, 0.25) is 0 Å². The minimum Gasteiger partial charge on any atom is -0.382 e. The van der Waals surface area contributed by atoms with Crippen molar-refractivity contribution in [3.63, 3.8) is 0 Å². The van der Waals surface area contributed by atoms with Crippen molar-refractivity contribution >= 4 is 31.8 Å². The van der Waals surface area contributed by atoms with Gasteiger partial charge in [-0.3, -0.25) is 5.73 Å². The van der Waals surface area contributed by atoms with Crippen LogP contribution in [0.25, 0.3) is 0 Å². The van der Waals surface area contributed by atoms with Gasteiger partial charge in [-0.05, 0) is 0 Å². The molecule has 0 spiro atoms. The molecular formula is C8H14N6Si. The molecule has 2 rings (SSSR count). The molecule has 0 saturated heterocycles. The molecule has 0 amide bonds. The number of hydrogen-bond donors (Lipinski definition) is 2. The van der Waals surface area contributed by atoms with Crippen LogP contribution in [0.2, 0.25) is 19.6 Å². The van der Waals surface area contributed by atoms with E-state index in [0.717, 1.165) is 0 Å². The van der Waals surface area contributed by atoms with Crippen molar-refractivity contribution in [2.24, 2.45) is 31.4 Å². The summed E-state index contributed by atoms with van der Waals surface area (Å²) in [4.78, 5) is 16.6. The van der Waals surface area contributed by atoms with Gasteiger partial charge in [0.1, 0.15) is 14.4 Å². The molecule has 0 saturated carbocycles. The zero-order valence-corrected chi connectivity index (χ0v) is 10.0. The van der Waals surface area contributed by atoms with Crippen LogP contribution in [0.1, 0.15) is 0 Å². The molecule has 0 aromatic heterocycles. The average molecular weight is 222 g/mol. The second kappa shape index (κ2) is 2.83. The van der Waals surface area contributed by atoms with Crippen LogP contribution in [0.4, 0.5) is 0 Å². The molecule has 2 aliphatic rings. The third-order valence-electron chi connectivity index (χ3n) is 2.49. The van der Waals surface area contributed by atoms with Gasteiger partial charge in [-0.25, -0.2) is 20.0 Å². The van der Waals surface area contributed by atoms with E-state index < -0.39 is 13.5 Å². The van der Waals surface area contributed by atoms with Crippen molar-refractivity contribution in [1.29, 1.82) is 0 Å². The van der Waals surface area contributed by atoms with Gasteiger partial charge in [-0.1, -0.05) is 19.6 Å². The van der Waals surface area contributed by atoms with E-state index in [4.69, 9.17) is 11.5 Å². The van der Waals surface area contributed by atoms with Gasteiger partial charge in [-0.2, -0.15) is 0 Å². The van der Waals surface area contributed by atoms with Crippen molar-refractivity contribution in [2.45, 2.75) is 25.1 Å². The van der Waals surface area contributed by atoms with Gasteiger partial charge in [0.15, 0.2) is 22.8 Å². The van der Waals surface area contributed by atoms with Crippen LogP contribution < -0.4 is 11.5 Å². The first-order valence-electron chi connectivity index (χ1n) is 4.69. The predicted molar refractivity (Wildman–Crippen MR) is 65.2 cm³/mol. The van der Waals surface area contributed by atoms with E-state index in [0.29, 0.717) is 17.4 Å². The molecule has 15 heavy (non-hydrogen) atoms. The lowest BCUT2D eigenvalue weighted by Crippen LogP contribution is -2.60. The zero-order chi connectivity index (χ0) is 11.3. The second-order valence-electron chi connectivity index (χ2n) is 4.63. The van der Waals surface area contributed by atoms with Crippen molar-refractivity contribution in [3.8, 4) is 0 Å². The molecule has 0 bridgehead atoms. The van der Waals surface area contributed by atoms with Crippen LogP contribution in [-0.2, 0) is 0 Å². The molecule has 2 heterocycles. The Bertz CT molecular complexity index is 427. The van der Waals surface area contributed by atoms with Crippen LogP contribution in [0, 0.1) is 0 Å². The van der Waals surface area contributed by atoms with Crippen molar-refractivity contribution in [1.82, 2.24) is 0 Å². The summed E-state index contributed by atoms with van der Waals surface area (Å²) in [6.45, 7) is 6.28. The minimum absolute atomic E-state index is 0.336. The van der Waals surface area contributed by atoms with Gasteiger partial charge < -0.3 is 5.73 Å². The number of nitrogens with zero attached hydrogens (tertiary/aromatic N) is 4. The third-order valence-corrected chi connectivity index (χ3v) is 4.92. The zero-order valence-electron chi connectivity index (χ0n) is 9.02. The van der Waals surface area contributed by atoms with Gasteiger partial charge in [0.05, 0.1) is 0 Å². The van der Waals surface area contributed by atoms with E-state index in [9.17, 15) is 0 Å². The normalized spacial score (nSPS) is 29.5. The van der Waals surface area contributed by atoms with Gasteiger partial charge >= 0.3 is 0 Å². The lowest BCUT2D eigenvalue weighted by atomic mass is 10.3. The largest absolute Gasteiger partial charge is 0.382 e. The molecule has 6 nitrogen and oxygen atoms in total. The van der Waals surface area contributed by atoms with E-state index in [-0.39, 0.29) is 0 Å². The Hall–Kier alpha value is -1.34. The van der Waals surface area contributed by atoms with E-state index in [1.54, 1.807) is 0 Å². The van der Waals surface area contributed by atoms with Crippen LogP contribution in [-0.4, -0.2) is 37.2 Å². The molecule has 0 aromatic carbocycles. The summed E-state index contributed by atoms with van der Waals surface area (Å²) < 4.78 is 0. The first-order chi connectivity index (χ1) is 6.83. The Labute approximate surface area is 88.9 Å². The molecule has 1 atom stereocenters. The molecule has 0 aromatic rings. The van der Waals surface area contributed by atoms with Crippen molar-refractivity contribution < 1.29 is 0 Å².